The van der Waals surface area contributed by atoms with Crippen molar-refractivity contribution in [3.63, 3.8) is 0 Å². The number of nitrogens with one attached hydrogen (secondary N) is 3. The Kier molecular flexibility index (Phi) is 5.33. The third-order valence-electron chi connectivity index (χ3n) is 4.56. The smallest absolute Gasteiger partial charge is 0.185 e. The van der Waals surface area contributed by atoms with Crippen molar-refractivity contribution in [2.45, 2.75) is 57.4 Å². The van der Waals surface area contributed by atoms with Crippen LogP contribution >= 0.6 is 12.2 Å². The number of allylic oxidation sites excluding steroid dienone is 1. The fraction of sp³-hybridized carbons (Fsp3) is 0.500. The van der Waals surface area contributed by atoms with Gasteiger partial charge in [-0.25, -0.2) is 0 Å². The Balaban J connectivity index is 1.56. The molecule has 1 saturated carbocycles. The van der Waals surface area contributed by atoms with Gasteiger partial charge in [0.05, 0.1) is 5.70 Å². The van der Waals surface area contributed by atoms with Gasteiger partial charge in [0.2, 0.25) is 0 Å². The second-order valence-electron chi connectivity index (χ2n) is 6.23. The van der Waals surface area contributed by atoms with Crippen LogP contribution in [-0.2, 0) is 6.42 Å². The van der Waals surface area contributed by atoms with Crippen LogP contribution in [0.2, 0.25) is 0 Å². The number of thiocarbonyl (C=S) groups is 1. The van der Waals surface area contributed by atoms with Crippen LogP contribution in [0.3, 0.4) is 0 Å². The maximum absolute atomic E-state index is 5.42. The van der Waals surface area contributed by atoms with Crippen LogP contribution in [0.4, 0.5) is 0 Å². The SMILES string of the molecule is S=C(NNC1=CCCCc2ccccc21)NC1CCCCC1. The zero-order valence-corrected chi connectivity index (χ0v) is 13.8. The van der Waals surface area contributed by atoms with Crippen LogP contribution in [-0.4, -0.2) is 11.2 Å². The van der Waals surface area contributed by atoms with Crippen LogP contribution in [0.5, 0.6) is 0 Å². The molecule has 0 aliphatic heterocycles. The summed E-state index contributed by atoms with van der Waals surface area (Å²) in [4.78, 5) is 0. The lowest BCUT2D eigenvalue weighted by molar-refractivity contribution is 0.411. The van der Waals surface area contributed by atoms with E-state index in [-0.39, 0.29) is 0 Å². The molecule has 3 rings (SSSR count). The van der Waals surface area contributed by atoms with Crippen LogP contribution in [0.1, 0.15) is 56.1 Å². The number of hydrogen-bond donors (Lipinski definition) is 3. The van der Waals surface area contributed by atoms with Gasteiger partial charge in [0.25, 0.3) is 0 Å². The first-order valence-corrected chi connectivity index (χ1v) is 8.85. The summed E-state index contributed by atoms with van der Waals surface area (Å²) >= 11 is 5.42. The highest BCUT2D eigenvalue weighted by Crippen LogP contribution is 2.23. The first-order valence-electron chi connectivity index (χ1n) is 8.44. The molecule has 0 spiro atoms. The van der Waals surface area contributed by atoms with Crippen molar-refractivity contribution in [1.29, 1.82) is 0 Å². The molecule has 3 N–H and O–H groups in total. The van der Waals surface area contributed by atoms with Gasteiger partial charge in [0, 0.05) is 11.6 Å². The number of rotatable bonds is 3. The Bertz CT molecular complexity index is 547. The number of hydrazine groups is 1. The average Bonchev–Trinajstić information content (AvgIpc) is 2.76. The lowest BCUT2D eigenvalue weighted by Crippen LogP contribution is -2.47. The molecule has 2 aliphatic rings. The molecule has 0 radical (unpaired) electrons. The van der Waals surface area contributed by atoms with E-state index < -0.39 is 0 Å². The molecular weight excluding hydrogens is 290 g/mol. The summed E-state index contributed by atoms with van der Waals surface area (Å²) in [6.07, 6.45) is 12.2. The van der Waals surface area contributed by atoms with Crippen LogP contribution < -0.4 is 16.2 Å². The predicted molar refractivity (Wildman–Crippen MR) is 96.2 cm³/mol. The Morgan fingerprint density at radius 2 is 1.86 bits per heavy atom. The highest BCUT2D eigenvalue weighted by atomic mass is 32.1. The van der Waals surface area contributed by atoms with Gasteiger partial charge in [-0.3, -0.25) is 10.9 Å². The van der Waals surface area contributed by atoms with Gasteiger partial charge in [-0.15, -0.1) is 0 Å². The van der Waals surface area contributed by atoms with Crippen molar-refractivity contribution >= 4 is 23.0 Å². The zero-order valence-electron chi connectivity index (χ0n) is 13.0. The van der Waals surface area contributed by atoms with Gasteiger partial charge in [-0.05, 0) is 49.9 Å². The highest BCUT2D eigenvalue weighted by molar-refractivity contribution is 7.80. The maximum Gasteiger partial charge on any atom is 0.185 e. The van der Waals surface area contributed by atoms with Gasteiger partial charge in [-0.2, -0.15) is 0 Å². The number of fused-ring (bicyclic) bond motifs is 1. The monoisotopic (exact) mass is 315 g/mol. The lowest BCUT2D eigenvalue weighted by atomic mass is 9.96. The third-order valence-corrected chi connectivity index (χ3v) is 4.78. The zero-order chi connectivity index (χ0) is 15.2. The molecule has 4 heteroatoms. The fourth-order valence-corrected chi connectivity index (χ4v) is 3.58. The van der Waals surface area contributed by atoms with Gasteiger partial charge in [0.1, 0.15) is 0 Å². The summed E-state index contributed by atoms with van der Waals surface area (Å²) < 4.78 is 0. The second kappa shape index (κ2) is 7.63. The molecule has 1 aromatic rings. The summed E-state index contributed by atoms with van der Waals surface area (Å²) in [5.74, 6) is 0. The van der Waals surface area contributed by atoms with E-state index >= 15 is 0 Å². The largest absolute Gasteiger partial charge is 0.359 e. The highest BCUT2D eigenvalue weighted by Gasteiger charge is 2.15. The minimum Gasteiger partial charge on any atom is -0.359 e. The van der Waals surface area contributed by atoms with Crippen LogP contribution in [0.25, 0.3) is 5.70 Å². The van der Waals surface area contributed by atoms with E-state index in [0.717, 1.165) is 18.5 Å². The van der Waals surface area contributed by atoms with Gasteiger partial charge in [0.15, 0.2) is 5.11 Å². The van der Waals surface area contributed by atoms with Crippen LogP contribution in [0.15, 0.2) is 30.3 Å². The van der Waals surface area contributed by atoms with E-state index in [1.54, 1.807) is 0 Å². The normalized spacial score (nSPS) is 18.6. The standard InChI is InChI=1S/C18H25N3S/c22-18(19-15-10-2-1-3-11-15)21-20-17-13-7-5-9-14-8-4-6-12-16(14)17/h4,6,8,12-13,15,20H,1-3,5,7,9-11H2,(H2,19,21,22). The van der Waals surface area contributed by atoms with Gasteiger partial charge >= 0.3 is 0 Å². The molecule has 1 aromatic carbocycles. The van der Waals surface area contributed by atoms with Crippen molar-refractivity contribution in [3.8, 4) is 0 Å². The number of hydrogen-bond acceptors (Lipinski definition) is 2. The summed E-state index contributed by atoms with van der Waals surface area (Å²) in [6.45, 7) is 0. The van der Waals surface area contributed by atoms with E-state index in [1.807, 2.05) is 0 Å². The molecule has 2 aliphatic carbocycles. The Morgan fingerprint density at radius 3 is 2.73 bits per heavy atom. The van der Waals surface area contributed by atoms with Crippen molar-refractivity contribution < 1.29 is 0 Å². The fourth-order valence-electron chi connectivity index (χ4n) is 3.36. The van der Waals surface area contributed by atoms with E-state index in [0.29, 0.717) is 11.2 Å². The summed E-state index contributed by atoms with van der Waals surface area (Å²) in [6, 6.07) is 9.14. The molecule has 0 heterocycles. The van der Waals surface area contributed by atoms with Gasteiger partial charge in [-0.1, -0.05) is 49.6 Å². The lowest BCUT2D eigenvalue weighted by Gasteiger charge is -2.25. The van der Waals surface area contributed by atoms with Crippen molar-refractivity contribution in [2.75, 3.05) is 0 Å². The molecule has 0 bridgehead atoms. The summed E-state index contributed by atoms with van der Waals surface area (Å²) in [5.41, 5.74) is 10.3. The number of benzene rings is 1. The Morgan fingerprint density at radius 1 is 1.05 bits per heavy atom. The average molecular weight is 315 g/mol. The molecular formula is C18H25N3S. The molecule has 0 saturated heterocycles. The Hall–Kier alpha value is -1.55. The minimum absolute atomic E-state index is 0.533. The molecule has 0 atom stereocenters. The molecule has 0 unspecified atom stereocenters. The quantitative estimate of drug-likeness (QED) is 0.587. The van der Waals surface area contributed by atoms with E-state index in [2.05, 4.69) is 46.5 Å². The maximum atomic E-state index is 5.42. The van der Waals surface area contributed by atoms with Crippen molar-refractivity contribution in [2.24, 2.45) is 0 Å². The van der Waals surface area contributed by atoms with Crippen LogP contribution in [0, 0.1) is 0 Å². The predicted octanol–water partition coefficient (Wildman–Crippen LogP) is 3.67. The Labute approximate surface area is 138 Å². The van der Waals surface area contributed by atoms with E-state index in [1.165, 1.54) is 49.7 Å². The summed E-state index contributed by atoms with van der Waals surface area (Å²) in [5, 5.41) is 4.13. The minimum atomic E-state index is 0.533. The van der Waals surface area contributed by atoms with E-state index in [9.17, 15) is 0 Å². The molecule has 1 fully saturated rings. The molecule has 0 amide bonds. The molecule has 3 nitrogen and oxygen atoms in total. The topological polar surface area (TPSA) is 36.1 Å². The second-order valence-corrected chi connectivity index (χ2v) is 6.63. The summed E-state index contributed by atoms with van der Waals surface area (Å²) in [7, 11) is 0. The molecule has 0 aromatic heterocycles. The first-order chi connectivity index (χ1) is 10.8. The van der Waals surface area contributed by atoms with Crippen molar-refractivity contribution in [1.82, 2.24) is 16.2 Å². The van der Waals surface area contributed by atoms with E-state index in [4.69, 9.17) is 12.2 Å². The first kappa shape index (κ1) is 15.3. The molecule has 118 valence electrons. The van der Waals surface area contributed by atoms with Crippen molar-refractivity contribution in [3.05, 3.63) is 41.5 Å². The van der Waals surface area contributed by atoms with Gasteiger partial charge < -0.3 is 5.32 Å². The number of aryl methyl sites for hydroxylation is 1. The third kappa shape index (κ3) is 4.01. The molecule has 22 heavy (non-hydrogen) atoms.